The molecule has 4 nitrogen and oxygen atoms in total. The molecule has 1 fully saturated rings. The number of carbonyl (C=O) groups is 1. The third-order valence-corrected chi connectivity index (χ3v) is 6.65. The number of aliphatic hydroxyl groups is 2. The summed E-state index contributed by atoms with van der Waals surface area (Å²) in [5, 5.41) is 21.0. The zero-order valence-electron chi connectivity index (χ0n) is 17.3. The molecule has 1 aromatic rings. The summed E-state index contributed by atoms with van der Waals surface area (Å²) in [4.78, 5) is 13.3. The summed E-state index contributed by atoms with van der Waals surface area (Å²) in [7, 11) is 3.62. The van der Waals surface area contributed by atoms with Crippen LogP contribution in [0, 0.1) is 17.8 Å². The van der Waals surface area contributed by atoms with E-state index < -0.39 is 6.10 Å². The molecule has 5 atom stereocenters. The zero-order valence-corrected chi connectivity index (χ0v) is 17.3. The topological polar surface area (TPSA) is 60.8 Å². The van der Waals surface area contributed by atoms with Gasteiger partial charge in [0.2, 0.25) is 5.91 Å². The molecule has 4 heteroatoms. The van der Waals surface area contributed by atoms with E-state index in [0.29, 0.717) is 24.7 Å². The number of fused-ring (bicyclic) bond motifs is 1. The van der Waals surface area contributed by atoms with Crippen molar-refractivity contribution < 1.29 is 15.0 Å². The average Bonchev–Trinajstić information content (AvgIpc) is 3.20. The quantitative estimate of drug-likeness (QED) is 0.497. The molecule has 1 amide bonds. The number of amides is 1. The molecule has 2 aliphatic rings. The van der Waals surface area contributed by atoms with Crippen molar-refractivity contribution in [2.45, 2.75) is 63.6 Å². The summed E-state index contributed by atoms with van der Waals surface area (Å²) in [6, 6.07) is 9.81. The fourth-order valence-corrected chi connectivity index (χ4v) is 5.04. The maximum Gasteiger partial charge on any atom is 0.222 e. The highest BCUT2D eigenvalue weighted by Gasteiger charge is 2.44. The molecule has 1 aromatic carbocycles. The van der Waals surface area contributed by atoms with E-state index >= 15 is 0 Å². The van der Waals surface area contributed by atoms with Gasteiger partial charge in [0.05, 0.1) is 12.2 Å². The van der Waals surface area contributed by atoms with Crippen molar-refractivity contribution in [1.29, 1.82) is 0 Å². The van der Waals surface area contributed by atoms with Crippen LogP contribution in [0.15, 0.2) is 42.0 Å². The minimum atomic E-state index is -0.449. The highest BCUT2D eigenvalue weighted by Crippen LogP contribution is 2.49. The Bertz CT molecular complexity index is 670. The molecule has 28 heavy (non-hydrogen) atoms. The van der Waals surface area contributed by atoms with Gasteiger partial charge < -0.3 is 15.1 Å². The third kappa shape index (κ3) is 5.24. The van der Waals surface area contributed by atoms with Crippen LogP contribution >= 0.6 is 0 Å². The fourth-order valence-electron chi connectivity index (χ4n) is 5.04. The van der Waals surface area contributed by atoms with Gasteiger partial charge in [0.1, 0.15) is 0 Å². The van der Waals surface area contributed by atoms with Crippen molar-refractivity contribution in [1.82, 2.24) is 4.90 Å². The molecule has 0 bridgehead atoms. The van der Waals surface area contributed by atoms with E-state index in [9.17, 15) is 15.0 Å². The normalized spacial score (nSPS) is 27.4. The SMILES string of the molecule is CN(C)C(=O)CCCCC1=C[C@H]2C[C@@H](O)[C@H](CC[C@H](O)c3ccccc3)[C@H]2C1. The second kappa shape index (κ2) is 9.71. The molecule has 2 aliphatic carbocycles. The summed E-state index contributed by atoms with van der Waals surface area (Å²) in [6.45, 7) is 0. The molecular formula is C24H35NO3. The zero-order chi connectivity index (χ0) is 20.1. The van der Waals surface area contributed by atoms with Crippen molar-refractivity contribution in [3.63, 3.8) is 0 Å². The van der Waals surface area contributed by atoms with Crippen LogP contribution in [-0.2, 0) is 4.79 Å². The number of unbranched alkanes of at least 4 members (excludes halogenated alkanes) is 1. The van der Waals surface area contributed by atoms with E-state index in [1.807, 2.05) is 44.4 Å². The molecule has 154 valence electrons. The first-order valence-electron chi connectivity index (χ1n) is 10.8. The Labute approximate surface area is 169 Å². The number of benzene rings is 1. The predicted molar refractivity (Wildman–Crippen MR) is 112 cm³/mol. The molecule has 0 heterocycles. The second-order valence-electron chi connectivity index (χ2n) is 8.82. The first kappa shape index (κ1) is 21.1. The molecule has 0 saturated heterocycles. The van der Waals surface area contributed by atoms with Crippen molar-refractivity contribution >= 4 is 5.91 Å². The minimum Gasteiger partial charge on any atom is -0.393 e. The van der Waals surface area contributed by atoms with Crippen LogP contribution < -0.4 is 0 Å². The Morgan fingerprint density at radius 2 is 1.96 bits per heavy atom. The van der Waals surface area contributed by atoms with Crippen LogP contribution in [-0.4, -0.2) is 41.2 Å². The summed E-state index contributed by atoms with van der Waals surface area (Å²) in [5.74, 6) is 1.51. The minimum absolute atomic E-state index is 0.206. The van der Waals surface area contributed by atoms with Crippen molar-refractivity contribution in [3.05, 3.63) is 47.5 Å². The van der Waals surface area contributed by atoms with Crippen LogP contribution in [0.3, 0.4) is 0 Å². The first-order chi connectivity index (χ1) is 13.5. The number of hydrogen-bond donors (Lipinski definition) is 2. The van der Waals surface area contributed by atoms with Gasteiger partial charge >= 0.3 is 0 Å². The van der Waals surface area contributed by atoms with E-state index in [2.05, 4.69) is 6.08 Å². The van der Waals surface area contributed by atoms with Gasteiger partial charge in [0, 0.05) is 20.5 Å². The van der Waals surface area contributed by atoms with E-state index in [1.165, 1.54) is 5.57 Å². The molecular weight excluding hydrogens is 350 g/mol. The Morgan fingerprint density at radius 1 is 1.21 bits per heavy atom. The number of rotatable bonds is 9. The number of allylic oxidation sites excluding steroid dienone is 2. The Kier molecular flexibility index (Phi) is 7.30. The van der Waals surface area contributed by atoms with E-state index in [1.54, 1.807) is 4.90 Å². The standard InChI is InChI=1S/C24H35NO3/c1-25(2)24(28)11-7-6-8-17-14-19-16-23(27)20(21(19)15-17)12-13-22(26)18-9-4-3-5-10-18/h3-5,9-10,14,19-23,26-27H,6-8,11-13,15-16H2,1-2H3/t19-,20+,21-,22-,23+/m0/s1. The maximum atomic E-state index is 11.7. The maximum absolute atomic E-state index is 11.7. The van der Waals surface area contributed by atoms with Gasteiger partial charge in [-0.2, -0.15) is 0 Å². The Hall–Kier alpha value is -1.65. The molecule has 3 rings (SSSR count). The van der Waals surface area contributed by atoms with E-state index in [-0.39, 0.29) is 17.9 Å². The molecule has 1 saturated carbocycles. The highest BCUT2D eigenvalue weighted by atomic mass is 16.3. The number of nitrogens with zero attached hydrogens (tertiary/aromatic N) is 1. The van der Waals surface area contributed by atoms with E-state index in [0.717, 1.165) is 44.1 Å². The third-order valence-electron chi connectivity index (χ3n) is 6.65. The lowest BCUT2D eigenvalue weighted by Crippen LogP contribution is -2.21. The number of hydrogen-bond acceptors (Lipinski definition) is 3. The lowest BCUT2D eigenvalue weighted by atomic mass is 9.84. The van der Waals surface area contributed by atoms with Crippen LogP contribution in [0.4, 0.5) is 0 Å². The van der Waals surface area contributed by atoms with Gasteiger partial charge in [-0.3, -0.25) is 4.79 Å². The van der Waals surface area contributed by atoms with Gasteiger partial charge in [0.25, 0.3) is 0 Å². The smallest absolute Gasteiger partial charge is 0.222 e. The van der Waals surface area contributed by atoms with Gasteiger partial charge in [-0.15, -0.1) is 0 Å². The van der Waals surface area contributed by atoms with Crippen molar-refractivity contribution in [2.75, 3.05) is 14.1 Å². The van der Waals surface area contributed by atoms with E-state index in [4.69, 9.17) is 0 Å². The Balaban J connectivity index is 1.44. The molecule has 0 aliphatic heterocycles. The van der Waals surface area contributed by atoms with Gasteiger partial charge in [-0.05, 0) is 68.3 Å². The molecule has 0 radical (unpaired) electrons. The number of aliphatic hydroxyl groups excluding tert-OH is 2. The summed E-state index contributed by atoms with van der Waals surface area (Å²) in [5.41, 5.74) is 2.47. The molecule has 0 aromatic heterocycles. The molecule has 0 spiro atoms. The van der Waals surface area contributed by atoms with Crippen LogP contribution in [0.25, 0.3) is 0 Å². The second-order valence-corrected chi connectivity index (χ2v) is 8.82. The van der Waals surface area contributed by atoms with Crippen molar-refractivity contribution in [2.24, 2.45) is 17.8 Å². The lowest BCUT2D eigenvalue weighted by Gasteiger charge is -2.23. The molecule has 2 N–H and O–H groups in total. The predicted octanol–water partition coefficient (Wildman–Crippen LogP) is 4.09. The van der Waals surface area contributed by atoms with Crippen LogP contribution in [0.1, 0.15) is 63.0 Å². The van der Waals surface area contributed by atoms with Gasteiger partial charge in [0.15, 0.2) is 0 Å². The van der Waals surface area contributed by atoms with Crippen LogP contribution in [0.5, 0.6) is 0 Å². The summed E-state index contributed by atoms with van der Waals surface area (Å²) >= 11 is 0. The van der Waals surface area contributed by atoms with Gasteiger partial charge in [-0.25, -0.2) is 0 Å². The lowest BCUT2D eigenvalue weighted by molar-refractivity contribution is -0.128. The van der Waals surface area contributed by atoms with Gasteiger partial charge in [-0.1, -0.05) is 42.0 Å². The first-order valence-corrected chi connectivity index (χ1v) is 10.8. The van der Waals surface area contributed by atoms with Crippen LogP contribution in [0.2, 0.25) is 0 Å². The molecule has 0 unspecified atom stereocenters. The fraction of sp³-hybridized carbons (Fsp3) is 0.625. The largest absolute Gasteiger partial charge is 0.393 e. The summed E-state index contributed by atoms with van der Waals surface area (Å²) in [6.07, 6.45) is 8.93. The summed E-state index contributed by atoms with van der Waals surface area (Å²) < 4.78 is 0. The van der Waals surface area contributed by atoms with Crippen molar-refractivity contribution in [3.8, 4) is 0 Å². The average molecular weight is 386 g/mol. The highest BCUT2D eigenvalue weighted by molar-refractivity contribution is 5.75. The Morgan fingerprint density at radius 3 is 2.68 bits per heavy atom. The number of carbonyl (C=O) groups excluding carboxylic acids is 1. The monoisotopic (exact) mass is 385 g/mol.